The van der Waals surface area contributed by atoms with Crippen molar-refractivity contribution in [3.05, 3.63) is 23.8 Å². The number of rotatable bonds is 10. The largest absolute Gasteiger partial charge is 0.508 e. The number of nitrogens with two attached hydrogens (primary N) is 1. The van der Waals surface area contributed by atoms with Gasteiger partial charge in [-0.05, 0) is 48.8 Å². The van der Waals surface area contributed by atoms with Crippen LogP contribution in [-0.4, -0.2) is 49.4 Å². The first-order valence-corrected chi connectivity index (χ1v) is 12.1. The molecule has 0 fully saturated rings. The molecular weight excluding hydrogens is 482 g/mol. The molecule has 0 heterocycles. The molecule has 2 N–H and O–H groups in total. The van der Waals surface area contributed by atoms with Gasteiger partial charge in [-0.15, -0.1) is 0 Å². The lowest BCUT2D eigenvalue weighted by Gasteiger charge is -2.22. The summed E-state index contributed by atoms with van der Waals surface area (Å²) in [5.41, 5.74) is 6.01. The van der Waals surface area contributed by atoms with Crippen molar-refractivity contribution >= 4 is 24.1 Å². The molecule has 0 unspecified atom stereocenters. The maximum atomic E-state index is 12.5. The molecule has 3 atom stereocenters. The zero-order valence-electron chi connectivity index (χ0n) is 23.3. The van der Waals surface area contributed by atoms with Crippen molar-refractivity contribution in [3.63, 3.8) is 0 Å². The smallest absolute Gasteiger partial charge is 0.458 e. The van der Waals surface area contributed by atoms with Crippen molar-refractivity contribution in [2.75, 3.05) is 7.11 Å². The summed E-state index contributed by atoms with van der Waals surface area (Å²) < 4.78 is 25.7. The number of hydrogen-bond acceptors (Lipinski definition) is 10. The van der Waals surface area contributed by atoms with Crippen molar-refractivity contribution in [2.45, 2.75) is 92.9 Å². The van der Waals surface area contributed by atoms with Gasteiger partial charge < -0.3 is 29.4 Å². The molecule has 0 amide bonds. The Morgan fingerprint density at radius 1 is 0.811 bits per heavy atom. The average Bonchev–Trinajstić information content (AvgIpc) is 2.72. The summed E-state index contributed by atoms with van der Waals surface area (Å²) in [6.07, 6.45) is -2.05. The van der Waals surface area contributed by atoms with E-state index in [4.69, 9.17) is 24.7 Å². The van der Waals surface area contributed by atoms with Crippen LogP contribution in [0.2, 0.25) is 0 Å². The van der Waals surface area contributed by atoms with Crippen LogP contribution < -0.4 is 15.2 Å². The summed E-state index contributed by atoms with van der Waals surface area (Å²) in [7, 11) is 1.17. The number of benzene rings is 1. The van der Waals surface area contributed by atoms with Crippen LogP contribution >= 0.6 is 0 Å². The SMILES string of the molecule is COC(=O)O[C@@H](C)[C@H](C)OC(=O)[C@@H](N)Cc1ccc(OC(=O)CC(C)(C)C)c(OC(=O)CC(C)(C)C)c1. The predicted octanol–water partition coefficient (Wildman–Crippen LogP) is 4.34. The first kappa shape index (κ1) is 31.9. The minimum Gasteiger partial charge on any atom is -0.458 e. The lowest BCUT2D eigenvalue weighted by atomic mass is 9.92. The fourth-order valence-electron chi connectivity index (χ4n) is 3.03. The van der Waals surface area contributed by atoms with E-state index in [1.165, 1.54) is 19.2 Å². The van der Waals surface area contributed by atoms with E-state index in [2.05, 4.69) is 4.74 Å². The van der Waals surface area contributed by atoms with Crippen LogP contribution in [0.3, 0.4) is 0 Å². The summed E-state index contributed by atoms with van der Waals surface area (Å²) in [5, 5.41) is 0. The molecule has 1 aromatic carbocycles. The molecule has 0 saturated carbocycles. The third-order valence-electron chi connectivity index (χ3n) is 4.98. The Balaban J connectivity index is 3.02. The molecule has 0 radical (unpaired) electrons. The Kier molecular flexibility index (Phi) is 11.6. The molecule has 0 saturated heterocycles. The molecular formula is C27H41NO9. The van der Waals surface area contributed by atoms with Gasteiger partial charge in [-0.25, -0.2) is 4.79 Å². The molecule has 10 heteroatoms. The van der Waals surface area contributed by atoms with Crippen LogP contribution in [0.1, 0.15) is 73.8 Å². The first-order valence-electron chi connectivity index (χ1n) is 12.1. The highest BCUT2D eigenvalue weighted by Crippen LogP contribution is 2.32. The van der Waals surface area contributed by atoms with Crippen LogP contribution in [0.4, 0.5) is 4.79 Å². The maximum Gasteiger partial charge on any atom is 0.508 e. The fourth-order valence-corrected chi connectivity index (χ4v) is 3.03. The summed E-state index contributed by atoms with van der Waals surface area (Å²) in [6.45, 7) is 14.5. The van der Waals surface area contributed by atoms with E-state index in [0.29, 0.717) is 5.56 Å². The lowest BCUT2D eigenvalue weighted by Crippen LogP contribution is -2.39. The highest BCUT2D eigenvalue weighted by Gasteiger charge is 2.26. The van der Waals surface area contributed by atoms with E-state index < -0.39 is 42.3 Å². The minimum absolute atomic E-state index is 0.0534. The topological polar surface area (TPSA) is 140 Å². The molecule has 0 bridgehead atoms. The van der Waals surface area contributed by atoms with E-state index >= 15 is 0 Å². The molecule has 208 valence electrons. The van der Waals surface area contributed by atoms with Crippen molar-refractivity contribution < 1.29 is 42.9 Å². The zero-order valence-corrected chi connectivity index (χ0v) is 23.3. The molecule has 10 nitrogen and oxygen atoms in total. The van der Waals surface area contributed by atoms with Crippen LogP contribution in [0.15, 0.2) is 18.2 Å². The molecule has 1 aromatic rings. The highest BCUT2D eigenvalue weighted by atomic mass is 16.7. The summed E-state index contributed by atoms with van der Waals surface area (Å²) in [6, 6.07) is 3.59. The monoisotopic (exact) mass is 523 g/mol. The summed E-state index contributed by atoms with van der Waals surface area (Å²) >= 11 is 0. The van der Waals surface area contributed by atoms with Crippen LogP contribution in [0.5, 0.6) is 11.5 Å². The van der Waals surface area contributed by atoms with Crippen molar-refractivity contribution in [3.8, 4) is 11.5 Å². The van der Waals surface area contributed by atoms with Gasteiger partial charge in [0.15, 0.2) is 11.5 Å². The van der Waals surface area contributed by atoms with Crippen molar-refractivity contribution in [2.24, 2.45) is 16.6 Å². The Morgan fingerprint density at radius 2 is 1.30 bits per heavy atom. The predicted molar refractivity (Wildman–Crippen MR) is 136 cm³/mol. The van der Waals surface area contributed by atoms with Gasteiger partial charge in [0.05, 0.1) is 20.0 Å². The maximum absolute atomic E-state index is 12.5. The molecule has 0 spiro atoms. The van der Waals surface area contributed by atoms with E-state index in [0.717, 1.165) is 0 Å². The molecule has 37 heavy (non-hydrogen) atoms. The quantitative estimate of drug-likeness (QED) is 0.348. The zero-order chi connectivity index (χ0) is 28.6. The molecule has 0 aliphatic heterocycles. The van der Waals surface area contributed by atoms with Crippen molar-refractivity contribution in [1.29, 1.82) is 0 Å². The second kappa shape index (κ2) is 13.4. The number of methoxy groups -OCH3 is 1. The normalized spacial score (nSPS) is 14.1. The van der Waals surface area contributed by atoms with E-state index in [1.807, 2.05) is 41.5 Å². The molecule has 1 rings (SSSR count). The van der Waals surface area contributed by atoms with Gasteiger partial charge in [-0.3, -0.25) is 14.4 Å². The van der Waals surface area contributed by atoms with Gasteiger partial charge in [0.25, 0.3) is 0 Å². The fraction of sp³-hybridized carbons (Fsp3) is 0.630. The summed E-state index contributed by atoms with van der Waals surface area (Å²) in [5.74, 6) is -1.51. The average molecular weight is 524 g/mol. The van der Waals surface area contributed by atoms with Gasteiger partial charge >= 0.3 is 24.1 Å². The highest BCUT2D eigenvalue weighted by molar-refractivity contribution is 5.78. The molecule has 0 aliphatic carbocycles. The van der Waals surface area contributed by atoms with Gasteiger partial charge in [0, 0.05) is 0 Å². The number of ether oxygens (including phenoxy) is 5. The Hall–Kier alpha value is -3.14. The van der Waals surface area contributed by atoms with E-state index in [9.17, 15) is 19.2 Å². The van der Waals surface area contributed by atoms with Crippen molar-refractivity contribution in [1.82, 2.24) is 0 Å². The van der Waals surface area contributed by atoms with Crippen LogP contribution in [0, 0.1) is 10.8 Å². The van der Waals surface area contributed by atoms with Gasteiger partial charge in [0.1, 0.15) is 18.2 Å². The third kappa shape index (κ3) is 12.6. The first-order chi connectivity index (χ1) is 16.9. The standard InChI is InChI=1S/C27H41NO9/c1-16(17(2)35-25(32)33-9)34-24(31)19(28)12-18-10-11-20(36-22(29)14-26(3,4)5)21(13-18)37-23(30)15-27(6,7)8/h10-11,13,16-17,19H,12,14-15,28H2,1-9H3/t16-,17-,19-/m0/s1. The third-order valence-corrected chi connectivity index (χ3v) is 4.98. The number of esters is 3. The second-order valence-corrected chi connectivity index (χ2v) is 11.4. The second-order valence-electron chi connectivity index (χ2n) is 11.4. The lowest BCUT2D eigenvalue weighted by molar-refractivity contribution is -0.155. The number of carbonyl (C=O) groups excluding carboxylic acids is 4. The minimum atomic E-state index is -1.06. The number of carbonyl (C=O) groups is 4. The Bertz CT molecular complexity index is 960. The van der Waals surface area contributed by atoms with Crippen LogP contribution in [0.25, 0.3) is 0 Å². The van der Waals surface area contributed by atoms with E-state index in [1.54, 1.807) is 19.9 Å². The Labute approximate surface area is 219 Å². The van der Waals surface area contributed by atoms with E-state index in [-0.39, 0.29) is 41.6 Å². The van der Waals surface area contributed by atoms with Gasteiger partial charge in [0.2, 0.25) is 0 Å². The molecule has 0 aliphatic rings. The van der Waals surface area contributed by atoms with Gasteiger partial charge in [-0.1, -0.05) is 47.6 Å². The number of hydrogen-bond donors (Lipinski definition) is 1. The molecule has 0 aromatic heterocycles. The summed E-state index contributed by atoms with van der Waals surface area (Å²) in [4.78, 5) is 48.7. The van der Waals surface area contributed by atoms with Crippen LogP contribution in [-0.2, 0) is 35.0 Å². The van der Waals surface area contributed by atoms with Gasteiger partial charge in [-0.2, -0.15) is 0 Å². The Morgan fingerprint density at radius 3 is 1.78 bits per heavy atom.